The third-order valence-corrected chi connectivity index (χ3v) is 3.20. The molecule has 94 valence electrons. The van der Waals surface area contributed by atoms with Crippen LogP contribution in [0.2, 0.25) is 0 Å². The highest BCUT2D eigenvalue weighted by molar-refractivity contribution is 9.10. The standard InChI is InChI=1S/C12H13BrN4O/c1-17-7-8(6-16-17)5-15-12(18)9-3-2-4-10(13)11(9)14/h2-4,6-7H,5,14H2,1H3,(H,15,18). The van der Waals surface area contributed by atoms with E-state index in [0.717, 1.165) is 10.0 Å². The predicted octanol–water partition coefficient (Wildman–Crippen LogP) is 1.69. The SMILES string of the molecule is Cn1cc(CNC(=O)c2cccc(Br)c2N)cn1. The second kappa shape index (κ2) is 5.22. The van der Waals surface area contributed by atoms with Gasteiger partial charge in [-0.25, -0.2) is 0 Å². The van der Waals surface area contributed by atoms with E-state index >= 15 is 0 Å². The summed E-state index contributed by atoms with van der Waals surface area (Å²) in [5.74, 6) is -0.197. The number of carbonyl (C=O) groups is 1. The Morgan fingerprint density at radius 2 is 2.33 bits per heavy atom. The molecule has 1 amide bonds. The van der Waals surface area contributed by atoms with Gasteiger partial charge in [0.25, 0.3) is 5.91 Å². The van der Waals surface area contributed by atoms with Crippen LogP contribution in [0.15, 0.2) is 35.1 Å². The first kappa shape index (κ1) is 12.6. The topological polar surface area (TPSA) is 72.9 Å². The fraction of sp³-hybridized carbons (Fsp3) is 0.167. The van der Waals surface area contributed by atoms with Crippen LogP contribution < -0.4 is 11.1 Å². The lowest BCUT2D eigenvalue weighted by atomic mass is 10.1. The maximum atomic E-state index is 12.0. The van der Waals surface area contributed by atoms with Crippen molar-refractivity contribution in [1.82, 2.24) is 15.1 Å². The number of nitrogens with zero attached hydrogens (tertiary/aromatic N) is 2. The zero-order valence-electron chi connectivity index (χ0n) is 9.85. The molecule has 0 radical (unpaired) electrons. The van der Waals surface area contributed by atoms with Gasteiger partial charge in [-0.15, -0.1) is 0 Å². The van der Waals surface area contributed by atoms with Gasteiger partial charge in [0.1, 0.15) is 0 Å². The summed E-state index contributed by atoms with van der Waals surface area (Å²) in [4.78, 5) is 12.0. The fourth-order valence-electron chi connectivity index (χ4n) is 1.58. The highest BCUT2D eigenvalue weighted by Crippen LogP contribution is 2.22. The van der Waals surface area contributed by atoms with E-state index in [-0.39, 0.29) is 5.91 Å². The Labute approximate surface area is 113 Å². The zero-order valence-corrected chi connectivity index (χ0v) is 11.4. The van der Waals surface area contributed by atoms with Gasteiger partial charge >= 0.3 is 0 Å². The summed E-state index contributed by atoms with van der Waals surface area (Å²) in [5.41, 5.74) is 7.69. The molecule has 3 N–H and O–H groups in total. The molecule has 0 fully saturated rings. The number of carbonyl (C=O) groups excluding carboxylic acids is 1. The summed E-state index contributed by atoms with van der Waals surface area (Å²) in [6.45, 7) is 0.429. The number of rotatable bonds is 3. The number of amides is 1. The molecular formula is C12H13BrN4O. The van der Waals surface area contributed by atoms with E-state index in [4.69, 9.17) is 5.73 Å². The van der Waals surface area contributed by atoms with Gasteiger partial charge in [0, 0.05) is 29.8 Å². The van der Waals surface area contributed by atoms with Crippen molar-refractivity contribution in [3.8, 4) is 0 Å². The van der Waals surface area contributed by atoms with Crippen LogP contribution in [0.5, 0.6) is 0 Å². The van der Waals surface area contributed by atoms with Crippen molar-refractivity contribution in [2.24, 2.45) is 7.05 Å². The summed E-state index contributed by atoms with van der Waals surface area (Å²) >= 11 is 3.30. The van der Waals surface area contributed by atoms with E-state index < -0.39 is 0 Å². The van der Waals surface area contributed by atoms with Gasteiger partial charge in [0.05, 0.1) is 17.4 Å². The molecule has 2 aromatic rings. The minimum absolute atomic E-state index is 0.197. The van der Waals surface area contributed by atoms with Gasteiger partial charge in [-0.2, -0.15) is 5.10 Å². The van der Waals surface area contributed by atoms with Crippen LogP contribution in [0, 0.1) is 0 Å². The van der Waals surface area contributed by atoms with Gasteiger partial charge in [-0.1, -0.05) is 6.07 Å². The average Bonchev–Trinajstić information content (AvgIpc) is 2.76. The Morgan fingerprint density at radius 3 is 3.00 bits per heavy atom. The number of nitrogens with two attached hydrogens (primary N) is 1. The summed E-state index contributed by atoms with van der Waals surface area (Å²) in [6, 6.07) is 5.27. The van der Waals surface area contributed by atoms with Crippen molar-refractivity contribution < 1.29 is 4.79 Å². The fourth-order valence-corrected chi connectivity index (χ4v) is 1.94. The van der Waals surface area contributed by atoms with Crippen LogP contribution in [0.3, 0.4) is 0 Å². The number of para-hydroxylation sites is 1. The first-order valence-electron chi connectivity index (χ1n) is 5.37. The Hall–Kier alpha value is -1.82. The number of anilines is 1. The molecule has 2 rings (SSSR count). The largest absolute Gasteiger partial charge is 0.397 e. The van der Waals surface area contributed by atoms with Crippen LogP contribution in [-0.2, 0) is 13.6 Å². The van der Waals surface area contributed by atoms with Gasteiger partial charge in [0.15, 0.2) is 0 Å². The number of aromatic nitrogens is 2. The van der Waals surface area contributed by atoms with Crippen LogP contribution in [0.4, 0.5) is 5.69 Å². The second-order valence-corrected chi connectivity index (χ2v) is 4.76. The van der Waals surface area contributed by atoms with Crippen molar-refractivity contribution in [1.29, 1.82) is 0 Å². The van der Waals surface area contributed by atoms with E-state index in [1.807, 2.05) is 13.2 Å². The third-order valence-electron chi connectivity index (χ3n) is 2.51. The number of hydrogen-bond acceptors (Lipinski definition) is 3. The lowest BCUT2D eigenvalue weighted by Crippen LogP contribution is -2.23. The number of nitrogen functional groups attached to an aromatic ring is 1. The Morgan fingerprint density at radius 1 is 1.56 bits per heavy atom. The molecule has 0 spiro atoms. The number of benzene rings is 1. The maximum Gasteiger partial charge on any atom is 0.253 e. The Kier molecular flexibility index (Phi) is 3.66. The molecule has 5 nitrogen and oxygen atoms in total. The van der Waals surface area contributed by atoms with Crippen molar-refractivity contribution >= 4 is 27.5 Å². The summed E-state index contributed by atoms with van der Waals surface area (Å²) < 4.78 is 2.41. The van der Waals surface area contributed by atoms with Crippen molar-refractivity contribution in [3.05, 3.63) is 46.2 Å². The van der Waals surface area contributed by atoms with Gasteiger partial charge in [-0.05, 0) is 28.1 Å². The first-order chi connectivity index (χ1) is 8.58. The summed E-state index contributed by atoms with van der Waals surface area (Å²) in [6.07, 6.45) is 3.56. The van der Waals surface area contributed by atoms with Gasteiger partial charge in [-0.3, -0.25) is 9.48 Å². The molecule has 18 heavy (non-hydrogen) atoms. The maximum absolute atomic E-state index is 12.0. The molecule has 0 aliphatic carbocycles. The molecule has 0 aliphatic heterocycles. The number of nitrogens with one attached hydrogen (secondary N) is 1. The smallest absolute Gasteiger partial charge is 0.253 e. The van der Waals surface area contributed by atoms with Crippen molar-refractivity contribution in [2.45, 2.75) is 6.54 Å². The van der Waals surface area contributed by atoms with Crippen LogP contribution >= 0.6 is 15.9 Å². The lowest BCUT2D eigenvalue weighted by Gasteiger charge is -2.07. The number of aryl methyl sites for hydroxylation is 1. The number of halogens is 1. The highest BCUT2D eigenvalue weighted by atomic mass is 79.9. The molecular weight excluding hydrogens is 296 g/mol. The normalized spacial score (nSPS) is 10.3. The second-order valence-electron chi connectivity index (χ2n) is 3.91. The molecule has 0 aliphatic rings. The third kappa shape index (κ3) is 2.70. The van der Waals surface area contributed by atoms with Crippen molar-refractivity contribution in [3.63, 3.8) is 0 Å². The molecule has 0 bridgehead atoms. The molecule has 1 heterocycles. The number of hydrogen-bond donors (Lipinski definition) is 2. The predicted molar refractivity (Wildman–Crippen MR) is 72.9 cm³/mol. The monoisotopic (exact) mass is 308 g/mol. The van der Waals surface area contributed by atoms with E-state index in [1.165, 1.54) is 0 Å². The van der Waals surface area contributed by atoms with Gasteiger partial charge < -0.3 is 11.1 Å². The van der Waals surface area contributed by atoms with E-state index in [2.05, 4.69) is 26.3 Å². The van der Waals surface area contributed by atoms with Crippen molar-refractivity contribution in [2.75, 3.05) is 5.73 Å². The van der Waals surface area contributed by atoms with E-state index in [9.17, 15) is 4.79 Å². The van der Waals surface area contributed by atoms with Crippen LogP contribution in [0.1, 0.15) is 15.9 Å². The summed E-state index contributed by atoms with van der Waals surface area (Å²) in [5, 5.41) is 6.84. The first-order valence-corrected chi connectivity index (χ1v) is 6.17. The Balaban J connectivity index is 2.06. The minimum Gasteiger partial charge on any atom is -0.397 e. The van der Waals surface area contributed by atoms with Gasteiger partial charge in [0.2, 0.25) is 0 Å². The molecule has 1 aromatic heterocycles. The molecule has 0 saturated carbocycles. The average molecular weight is 309 g/mol. The summed E-state index contributed by atoms with van der Waals surface area (Å²) in [7, 11) is 1.83. The van der Waals surface area contributed by atoms with Crippen LogP contribution in [-0.4, -0.2) is 15.7 Å². The Bertz CT molecular complexity index is 579. The zero-order chi connectivity index (χ0) is 13.1. The van der Waals surface area contributed by atoms with E-state index in [1.54, 1.807) is 29.1 Å². The van der Waals surface area contributed by atoms with Crippen LogP contribution in [0.25, 0.3) is 0 Å². The highest BCUT2D eigenvalue weighted by Gasteiger charge is 2.11. The minimum atomic E-state index is -0.197. The molecule has 0 unspecified atom stereocenters. The molecule has 0 atom stereocenters. The molecule has 0 saturated heterocycles. The molecule has 6 heteroatoms. The van der Waals surface area contributed by atoms with E-state index in [0.29, 0.717) is 17.8 Å². The lowest BCUT2D eigenvalue weighted by molar-refractivity contribution is 0.0951. The quantitative estimate of drug-likeness (QED) is 0.848. The molecule has 1 aromatic carbocycles.